The molecule has 2 N–H and O–H groups in total. The fourth-order valence-corrected chi connectivity index (χ4v) is 2.85. The molecular formula is C22H20N4O. The molecule has 0 bridgehead atoms. The SMILES string of the molecule is CCc1cccc(C)c1Nc1cncc(C(=O)Nc2cccc(C#N)c2)c1. The molecule has 0 spiro atoms. The van der Waals surface area contributed by atoms with Gasteiger partial charge in [-0.2, -0.15) is 5.26 Å². The Labute approximate surface area is 158 Å². The van der Waals surface area contributed by atoms with Crippen molar-refractivity contribution < 1.29 is 4.79 Å². The number of nitriles is 1. The van der Waals surface area contributed by atoms with Crippen LogP contribution in [0.1, 0.15) is 34.0 Å². The number of para-hydroxylation sites is 1. The number of hydrogen-bond donors (Lipinski definition) is 2. The summed E-state index contributed by atoms with van der Waals surface area (Å²) in [6, 6.07) is 16.8. The second kappa shape index (κ2) is 8.15. The molecule has 5 nitrogen and oxygen atoms in total. The van der Waals surface area contributed by atoms with Gasteiger partial charge in [0.2, 0.25) is 0 Å². The van der Waals surface area contributed by atoms with Crippen molar-refractivity contribution in [2.45, 2.75) is 20.3 Å². The van der Waals surface area contributed by atoms with E-state index in [0.717, 1.165) is 23.4 Å². The van der Waals surface area contributed by atoms with E-state index in [1.54, 1.807) is 36.5 Å². The normalized spacial score (nSPS) is 10.1. The van der Waals surface area contributed by atoms with Crippen molar-refractivity contribution in [1.29, 1.82) is 5.26 Å². The number of aryl methyl sites for hydroxylation is 2. The van der Waals surface area contributed by atoms with Gasteiger partial charge in [-0.1, -0.05) is 31.2 Å². The first-order valence-electron chi connectivity index (χ1n) is 8.72. The van der Waals surface area contributed by atoms with Gasteiger partial charge in [0.1, 0.15) is 0 Å². The van der Waals surface area contributed by atoms with E-state index in [-0.39, 0.29) is 5.91 Å². The van der Waals surface area contributed by atoms with E-state index in [0.29, 0.717) is 16.8 Å². The fourth-order valence-electron chi connectivity index (χ4n) is 2.85. The number of rotatable bonds is 5. The first kappa shape index (κ1) is 18.2. The van der Waals surface area contributed by atoms with Crippen LogP contribution in [0.5, 0.6) is 0 Å². The summed E-state index contributed by atoms with van der Waals surface area (Å²) in [5.74, 6) is -0.276. The minimum atomic E-state index is -0.276. The Morgan fingerprint density at radius 1 is 1.11 bits per heavy atom. The quantitative estimate of drug-likeness (QED) is 0.687. The zero-order valence-electron chi connectivity index (χ0n) is 15.3. The van der Waals surface area contributed by atoms with Crippen LogP contribution >= 0.6 is 0 Å². The zero-order chi connectivity index (χ0) is 19.2. The highest BCUT2D eigenvalue weighted by molar-refractivity contribution is 6.04. The van der Waals surface area contributed by atoms with Crippen LogP contribution in [-0.4, -0.2) is 10.9 Å². The van der Waals surface area contributed by atoms with Gasteiger partial charge in [0, 0.05) is 17.6 Å². The van der Waals surface area contributed by atoms with Gasteiger partial charge in [0.15, 0.2) is 0 Å². The summed E-state index contributed by atoms with van der Waals surface area (Å²) in [6.07, 6.45) is 4.12. The summed E-state index contributed by atoms with van der Waals surface area (Å²) < 4.78 is 0. The van der Waals surface area contributed by atoms with Crippen molar-refractivity contribution >= 4 is 23.0 Å². The lowest BCUT2D eigenvalue weighted by molar-refractivity contribution is 0.102. The van der Waals surface area contributed by atoms with Gasteiger partial charge in [0.25, 0.3) is 5.91 Å². The van der Waals surface area contributed by atoms with E-state index in [1.165, 1.54) is 11.8 Å². The van der Waals surface area contributed by atoms with Crippen LogP contribution in [0.15, 0.2) is 60.9 Å². The number of amides is 1. The highest BCUT2D eigenvalue weighted by Gasteiger charge is 2.10. The van der Waals surface area contributed by atoms with E-state index < -0.39 is 0 Å². The molecule has 2 aromatic carbocycles. The lowest BCUT2D eigenvalue weighted by Gasteiger charge is -2.14. The van der Waals surface area contributed by atoms with Crippen molar-refractivity contribution in [3.63, 3.8) is 0 Å². The van der Waals surface area contributed by atoms with Crippen molar-refractivity contribution in [3.8, 4) is 6.07 Å². The number of carbonyl (C=O) groups excluding carboxylic acids is 1. The van der Waals surface area contributed by atoms with E-state index >= 15 is 0 Å². The highest BCUT2D eigenvalue weighted by atomic mass is 16.1. The number of pyridine rings is 1. The molecule has 0 radical (unpaired) electrons. The van der Waals surface area contributed by atoms with Crippen LogP contribution in [0.3, 0.4) is 0 Å². The molecule has 0 aliphatic carbocycles. The van der Waals surface area contributed by atoms with Crippen molar-refractivity contribution in [3.05, 3.63) is 83.2 Å². The zero-order valence-corrected chi connectivity index (χ0v) is 15.3. The predicted octanol–water partition coefficient (Wildman–Crippen LogP) is 4.82. The van der Waals surface area contributed by atoms with Crippen LogP contribution in [-0.2, 0) is 6.42 Å². The lowest BCUT2D eigenvalue weighted by Crippen LogP contribution is -2.12. The summed E-state index contributed by atoms with van der Waals surface area (Å²) in [5.41, 5.74) is 5.64. The average Bonchev–Trinajstić information content (AvgIpc) is 2.70. The molecule has 0 fully saturated rings. The topological polar surface area (TPSA) is 77.8 Å². The first-order valence-corrected chi connectivity index (χ1v) is 8.72. The third-order valence-corrected chi connectivity index (χ3v) is 4.26. The molecule has 134 valence electrons. The Kier molecular flexibility index (Phi) is 5.48. The molecule has 0 saturated heterocycles. The molecule has 0 aliphatic heterocycles. The van der Waals surface area contributed by atoms with Gasteiger partial charge in [-0.15, -0.1) is 0 Å². The van der Waals surface area contributed by atoms with Gasteiger partial charge < -0.3 is 10.6 Å². The maximum Gasteiger partial charge on any atom is 0.257 e. The molecule has 1 heterocycles. The van der Waals surface area contributed by atoms with Gasteiger partial charge in [-0.3, -0.25) is 9.78 Å². The summed E-state index contributed by atoms with van der Waals surface area (Å²) in [6.45, 7) is 4.16. The smallest absolute Gasteiger partial charge is 0.257 e. The molecule has 5 heteroatoms. The Morgan fingerprint density at radius 3 is 2.70 bits per heavy atom. The third kappa shape index (κ3) is 4.31. The van der Waals surface area contributed by atoms with Crippen LogP contribution < -0.4 is 10.6 Å². The van der Waals surface area contributed by atoms with Crippen LogP contribution in [0, 0.1) is 18.3 Å². The molecule has 0 unspecified atom stereocenters. The maximum atomic E-state index is 12.5. The Balaban J connectivity index is 1.81. The average molecular weight is 356 g/mol. The van der Waals surface area contributed by atoms with Crippen molar-refractivity contribution in [1.82, 2.24) is 4.98 Å². The van der Waals surface area contributed by atoms with Crippen LogP contribution in [0.25, 0.3) is 0 Å². The molecule has 0 aliphatic rings. The number of carbonyl (C=O) groups is 1. The summed E-state index contributed by atoms with van der Waals surface area (Å²) >= 11 is 0. The summed E-state index contributed by atoms with van der Waals surface area (Å²) in [4.78, 5) is 16.7. The van der Waals surface area contributed by atoms with Gasteiger partial charge in [-0.05, 0) is 48.7 Å². The lowest BCUT2D eigenvalue weighted by atomic mass is 10.1. The fraction of sp³-hybridized carbons (Fsp3) is 0.136. The van der Waals surface area contributed by atoms with E-state index in [4.69, 9.17) is 5.26 Å². The number of nitrogens with one attached hydrogen (secondary N) is 2. The van der Waals surface area contributed by atoms with Gasteiger partial charge in [0.05, 0.1) is 29.1 Å². The molecule has 3 aromatic rings. The standard InChI is InChI=1S/C22H20N4O/c1-3-17-8-4-6-15(2)21(17)25-20-11-18(13-24-14-20)22(27)26-19-9-5-7-16(10-19)12-23/h4-11,13-14,25H,3H2,1-2H3,(H,26,27). The Hall–Kier alpha value is -3.65. The maximum absolute atomic E-state index is 12.5. The summed E-state index contributed by atoms with van der Waals surface area (Å²) in [7, 11) is 0. The van der Waals surface area contributed by atoms with Crippen molar-refractivity contribution in [2.24, 2.45) is 0 Å². The molecule has 0 saturated carbocycles. The van der Waals surface area contributed by atoms with Crippen LogP contribution in [0.2, 0.25) is 0 Å². The van der Waals surface area contributed by atoms with Gasteiger partial charge in [-0.25, -0.2) is 0 Å². The number of nitrogens with zero attached hydrogens (tertiary/aromatic N) is 2. The Bertz CT molecular complexity index is 1020. The molecule has 3 rings (SSSR count). The molecule has 1 aromatic heterocycles. The number of aromatic nitrogens is 1. The van der Waals surface area contributed by atoms with E-state index in [1.807, 2.05) is 19.1 Å². The van der Waals surface area contributed by atoms with E-state index in [9.17, 15) is 4.79 Å². The van der Waals surface area contributed by atoms with E-state index in [2.05, 4.69) is 34.7 Å². The second-order valence-electron chi connectivity index (χ2n) is 6.20. The molecular weight excluding hydrogens is 336 g/mol. The molecule has 0 atom stereocenters. The Morgan fingerprint density at radius 2 is 1.93 bits per heavy atom. The summed E-state index contributed by atoms with van der Waals surface area (Å²) in [5, 5.41) is 15.2. The second-order valence-corrected chi connectivity index (χ2v) is 6.20. The highest BCUT2D eigenvalue weighted by Crippen LogP contribution is 2.25. The number of hydrogen-bond acceptors (Lipinski definition) is 4. The predicted molar refractivity (Wildman–Crippen MR) is 107 cm³/mol. The van der Waals surface area contributed by atoms with Crippen LogP contribution in [0.4, 0.5) is 17.1 Å². The number of anilines is 3. The van der Waals surface area contributed by atoms with Gasteiger partial charge >= 0.3 is 0 Å². The minimum Gasteiger partial charge on any atom is -0.354 e. The molecule has 1 amide bonds. The minimum absolute atomic E-state index is 0.276. The number of benzene rings is 2. The molecule has 27 heavy (non-hydrogen) atoms. The largest absolute Gasteiger partial charge is 0.354 e. The first-order chi connectivity index (χ1) is 13.1. The monoisotopic (exact) mass is 356 g/mol. The van der Waals surface area contributed by atoms with Crippen molar-refractivity contribution in [2.75, 3.05) is 10.6 Å². The third-order valence-electron chi connectivity index (χ3n) is 4.26.